The first-order valence-corrected chi connectivity index (χ1v) is 10.9. The fourth-order valence-electron chi connectivity index (χ4n) is 3.21. The third kappa shape index (κ3) is 6.09. The Morgan fingerprint density at radius 2 is 1.56 bits per heavy atom. The van der Waals surface area contributed by atoms with Crippen molar-refractivity contribution >= 4 is 17.2 Å². The van der Waals surface area contributed by atoms with Gasteiger partial charge in [0, 0.05) is 18.5 Å². The van der Waals surface area contributed by atoms with Crippen LogP contribution in [0.25, 0.3) is 0 Å². The van der Waals surface area contributed by atoms with Crippen LogP contribution in [0.4, 0.5) is 8.78 Å². The van der Waals surface area contributed by atoms with Crippen molar-refractivity contribution in [1.29, 1.82) is 0 Å². The molecule has 2 aromatic carbocycles. The van der Waals surface area contributed by atoms with E-state index in [1.165, 1.54) is 35.6 Å². The molecule has 0 aliphatic heterocycles. The highest BCUT2D eigenvalue weighted by molar-refractivity contribution is 7.09. The molecule has 0 radical (unpaired) electrons. The first-order chi connectivity index (χ1) is 15.5. The quantitative estimate of drug-likeness (QED) is 0.381. The second kappa shape index (κ2) is 10.3. The minimum Gasteiger partial charge on any atom is -0.467 e. The van der Waals surface area contributed by atoms with Crippen molar-refractivity contribution in [2.45, 2.75) is 26.2 Å². The van der Waals surface area contributed by atoms with Gasteiger partial charge in [0.2, 0.25) is 0 Å². The van der Waals surface area contributed by atoms with E-state index in [-0.39, 0.29) is 17.5 Å². The fraction of sp³-hybridized carbons (Fsp3) is 0.167. The number of thiazole rings is 1. The monoisotopic (exact) mass is 453 g/mol. The van der Waals surface area contributed by atoms with Crippen LogP contribution in [0.1, 0.15) is 32.4 Å². The Bertz CT molecular complexity index is 1100. The molecule has 164 valence electrons. The first-order valence-electron chi connectivity index (χ1n) is 10.0. The number of nitrogens with zero attached hydrogens (tertiary/aromatic N) is 2. The van der Waals surface area contributed by atoms with Crippen molar-refractivity contribution in [2.24, 2.45) is 0 Å². The summed E-state index contributed by atoms with van der Waals surface area (Å²) in [6, 6.07) is 16.2. The van der Waals surface area contributed by atoms with E-state index in [2.05, 4.69) is 15.2 Å². The van der Waals surface area contributed by atoms with E-state index >= 15 is 0 Å². The zero-order valence-electron chi connectivity index (χ0n) is 17.1. The summed E-state index contributed by atoms with van der Waals surface area (Å²) in [4.78, 5) is 19.0. The number of hydrogen-bond acceptors (Lipinski definition) is 5. The smallest absolute Gasteiger partial charge is 0.271 e. The van der Waals surface area contributed by atoms with E-state index in [1.54, 1.807) is 48.0 Å². The average molecular weight is 454 g/mol. The molecule has 0 aliphatic rings. The standard InChI is InChI=1S/C24H21F2N3O2S/c25-19-7-3-17(4-8-19)13-29(14-18-5-9-20(26)10-6-18)15-23-28-22(16-32-23)24(30)27-12-21-2-1-11-31-21/h1-11,16H,12-15H2,(H,27,30). The largest absolute Gasteiger partial charge is 0.467 e. The molecule has 2 heterocycles. The summed E-state index contributed by atoms with van der Waals surface area (Å²) in [7, 11) is 0. The lowest BCUT2D eigenvalue weighted by Crippen LogP contribution is -2.24. The Kier molecular flexibility index (Phi) is 7.03. The van der Waals surface area contributed by atoms with Crippen molar-refractivity contribution in [1.82, 2.24) is 15.2 Å². The van der Waals surface area contributed by atoms with Gasteiger partial charge in [-0.1, -0.05) is 24.3 Å². The Labute approximate surface area is 188 Å². The van der Waals surface area contributed by atoms with Crippen LogP contribution in [0.5, 0.6) is 0 Å². The highest BCUT2D eigenvalue weighted by Gasteiger charge is 2.15. The lowest BCUT2D eigenvalue weighted by atomic mass is 10.1. The number of benzene rings is 2. The Balaban J connectivity index is 1.44. The van der Waals surface area contributed by atoms with E-state index in [0.717, 1.165) is 16.1 Å². The van der Waals surface area contributed by atoms with Gasteiger partial charge >= 0.3 is 0 Å². The van der Waals surface area contributed by atoms with Crippen LogP contribution in [0.2, 0.25) is 0 Å². The SMILES string of the molecule is O=C(NCc1ccco1)c1csc(CN(Cc2ccc(F)cc2)Cc2ccc(F)cc2)n1. The number of halogens is 2. The van der Waals surface area contributed by atoms with Gasteiger partial charge < -0.3 is 9.73 Å². The molecule has 1 amide bonds. The normalized spacial score (nSPS) is 11.1. The molecule has 0 bridgehead atoms. The van der Waals surface area contributed by atoms with E-state index in [1.807, 2.05) is 0 Å². The van der Waals surface area contributed by atoms with Gasteiger partial charge in [0.25, 0.3) is 5.91 Å². The maximum Gasteiger partial charge on any atom is 0.271 e. The number of nitrogens with one attached hydrogen (secondary N) is 1. The molecule has 32 heavy (non-hydrogen) atoms. The van der Waals surface area contributed by atoms with Gasteiger partial charge in [-0.25, -0.2) is 13.8 Å². The van der Waals surface area contributed by atoms with Gasteiger partial charge in [-0.05, 0) is 47.5 Å². The van der Waals surface area contributed by atoms with Crippen LogP contribution in [-0.4, -0.2) is 15.8 Å². The maximum atomic E-state index is 13.3. The number of carbonyl (C=O) groups is 1. The van der Waals surface area contributed by atoms with Crippen LogP contribution >= 0.6 is 11.3 Å². The van der Waals surface area contributed by atoms with Crippen molar-refractivity contribution in [3.8, 4) is 0 Å². The highest BCUT2D eigenvalue weighted by Crippen LogP contribution is 2.18. The Morgan fingerprint density at radius 3 is 2.12 bits per heavy atom. The van der Waals surface area contributed by atoms with Gasteiger partial charge in [-0.3, -0.25) is 9.69 Å². The molecular formula is C24H21F2N3O2S. The van der Waals surface area contributed by atoms with Crippen LogP contribution in [0, 0.1) is 11.6 Å². The molecular weight excluding hydrogens is 432 g/mol. The summed E-state index contributed by atoms with van der Waals surface area (Å²) in [5, 5.41) is 5.28. The maximum absolute atomic E-state index is 13.3. The van der Waals surface area contributed by atoms with Crippen LogP contribution in [-0.2, 0) is 26.2 Å². The van der Waals surface area contributed by atoms with Crippen LogP contribution in [0.15, 0.2) is 76.7 Å². The summed E-state index contributed by atoms with van der Waals surface area (Å²) < 4.78 is 31.8. The molecule has 0 saturated heterocycles. The summed E-state index contributed by atoms with van der Waals surface area (Å²) in [6.07, 6.45) is 1.55. The molecule has 5 nitrogen and oxygen atoms in total. The number of aromatic nitrogens is 1. The molecule has 0 unspecified atom stereocenters. The molecule has 0 spiro atoms. The summed E-state index contributed by atoms with van der Waals surface area (Å²) >= 11 is 1.40. The van der Waals surface area contributed by atoms with Crippen molar-refractivity contribution in [3.05, 3.63) is 112 Å². The zero-order chi connectivity index (χ0) is 22.3. The lowest BCUT2D eigenvalue weighted by Gasteiger charge is -2.21. The molecule has 0 saturated carbocycles. The number of hydrogen-bond donors (Lipinski definition) is 1. The second-order valence-corrected chi connectivity index (χ2v) is 8.23. The highest BCUT2D eigenvalue weighted by atomic mass is 32.1. The number of carbonyl (C=O) groups excluding carboxylic acids is 1. The molecule has 2 aromatic heterocycles. The zero-order valence-corrected chi connectivity index (χ0v) is 17.9. The number of furan rings is 1. The number of amides is 1. The van der Waals surface area contributed by atoms with E-state index < -0.39 is 0 Å². The van der Waals surface area contributed by atoms with Crippen LogP contribution in [0.3, 0.4) is 0 Å². The van der Waals surface area contributed by atoms with Crippen molar-refractivity contribution in [2.75, 3.05) is 0 Å². The number of rotatable bonds is 9. The minimum atomic E-state index is -0.288. The molecule has 0 fully saturated rings. The van der Waals surface area contributed by atoms with Gasteiger partial charge in [-0.2, -0.15) is 0 Å². The average Bonchev–Trinajstić information content (AvgIpc) is 3.47. The predicted octanol–water partition coefficient (Wildman–Crippen LogP) is 5.15. The summed E-state index contributed by atoms with van der Waals surface area (Å²) in [5.74, 6) is -0.181. The van der Waals surface area contributed by atoms with Gasteiger partial charge in [0.05, 0.1) is 19.4 Å². The molecule has 8 heteroatoms. The van der Waals surface area contributed by atoms with Gasteiger partial charge in [-0.15, -0.1) is 11.3 Å². The summed E-state index contributed by atoms with van der Waals surface area (Å²) in [6.45, 7) is 1.89. The fourth-order valence-corrected chi connectivity index (χ4v) is 4.03. The van der Waals surface area contributed by atoms with Crippen LogP contribution < -0.4 is 5.32 Å². The first kappa shape index (κ1) is 21.9. The third-order valence-electron chi connectivity index (χ3n) is 4.79. The predicted molar refractivity (Wildman–Crippen MR) is 118 cm³/mol. The van der Waals surface area contributed by atoms with Crippen molar-refractivity contribution < 1.29 is 18.0 Å². The molecule has 0 aliphatic carbocycles. The second-order valence-electron chi connectivity index (χ2n) is 7.29. The Hall–Kier alpha value is -3.36. The minimum absolute atomic E-state index is 0.271. The molecule has 1 N–H and O–H groups in total. The topological polar surface area (TPSA) is 58.4 Å². The molecule has 0 atom stereocenters. The lowest BCUT2D eigenvalue weighted by molar-refractivity contribution is 0.0943. The summed E-state index contributed by atoms with van der Waals surface area (Å²) in [5.41, 5.74) is 2.24. The van der Waals surface area contributed by atoms with E-state index in [9.17, 15) is 13.6 Å². The van der Waals surface area contributed by atoms with Crippen molar-refractivity contribution in [3.63, 3.8) is 0 Å². The van der Waals surface area contributed by atoms with E-state index in [4.69, 9.17) is 4.42 Å². The molecule has 4 aromatic rings. The van der Waals surface area contributed by atoms with E-state index in [0.29, 0.717) is 37.6 Å². The Morgan fingerprint density at radius 1 is 0.938 bits per heavy atom. The third-order valence-corrected chi connectivity index (χ3v) is 5.62. The molecule has 4 rings (SSSR count). The van der Waals surface area contributed by atoms with Gasteiger partial charge in [0.15, 0.2) is 0 Å². The van der Waals surface area contributed by atoms with Gasteiger partial charge in [0.1, 0.15) is 28.1 Å².